The second kappa shape index (κ2) is 21.8. The fraction of sp³-hybridized carbons (Fsp3) is 0.392. The number of hydrazine groups is 1. The van der Waals surface area contributed by atoms with Crippen molar-refractivity contribution in [3.05, 3.63) is 119 Å². The summed E-state index contributed by atoms with van der Waals surface area (Å²) in [5.41, 5.74) is 11.2. The number of hydrogen-bond acceptors (Lipinski definition) is 13. The molecule has 0 spiro atoms. The lowest BCUT2D eigenvalue weighted by Gasteiger charge is -2.36. The third-order valence-electron chi connectivity index (χ3n) is 12.1. The van der Waals surface area contributed by atoms with Gasteiger partial charge in [-0.25, -0.2) is 24.2 Å². The Hall–Kier alpha value is -7.18. The number of anilines is 2. The Morgan fingerprint density at radius 3 is 2.12 bits per heavy atom. The average Bonchev–Trinajstić information content (AvgIpc) is 3.87. The first kappa shape index (κ1) is 49.7. The Labute approximate surface area is 400 Å². The SMILES string of the molecule is C[C@H](NNCc1ccc(C(=O)CCC(=O)N2CCN(c3ccc(N4C[C@H](CNC(=O)OC(C)(C)C)OC4=O)cc3F)CC2)cc1)C(=O)N[C@@H](C)C(=O)C(=O)OCC1c2ccccc2-c2ccccc21. The molecule has 3 atom stereocenters. The maximum Gasteiger partial charge on any atom is 0.414 e. The quantitative estimate of drug-likeness (QED) is 0.0325. The summed E-state index contributed by atoms with van der Waals surface area (Å²) >= 11 is 0. The first-order valence-corrected chi connectivity index (χ1v) is 23.0. The molecule has 2 heterocycles. The maximum atomic E-state index is 15.4. The number of ether oxygens (including phenoxy) is 3. The topological polar surface area (TPSA) is 205 Å². The summed E-state index contributed by atoms with van der Waals surface area (Å²) in [6.07, 6.45) is -1.90. The highest BCUT2D eigenvalue weighted by Crippen LogP contribution is 2.44. The van der Waals surface area contributed by atoms with E-state index in [0.29, 0.717) is 49.7 Å². The van der Waals surface area contributed by atoms with Gasteiger partial charge in [-0.3, -0.25) is 29.5 Å². The number of halogens is 1. The van der Waals surface area contributed by atoms with Gasteiger partial charge in [0.2, 0.25) is 11.8 Å². The molecule has 3 aliphatic rings. The van der Waals surface area contributed by atoms with Crippen molar-refractivity contribution in [1.29, 1.82) is 0 Å². The Morgan fingerprint density at radius 1 is 0.826 bits per heavy atom. The van der Waals surface area contributed by atoms with Crippen LogP contribution in [0, 0.1) is 5.82 Å². The van der Waals surface area contributed by atoms with Crippen molar-refractivity contribution in [3.8, 4) is 11.1 Å². The number of nitrogens with zero attached hydrogens (tertiary/aromatic N) is 3. The third-order valence-corrected chi connectivity index (χ3v) is 12.1. The maximum absolute atomic E-state index is 15.4. The van der Waals surface area contributed by atoms with Crippen LogP contribution in [0.25, 0.3) is 11.1 Å². The lowest BCUT2D eigenvalue weighted by Crippen LogP contribution is -2.52. The van der Waals surface area contributed by atoms with Crippen LogP contribution in [0.15, 0.2) is 91.0 Å². The third kappa shape index (κ3) is 12.5. The number of rotatable bonds is 18. The molecule has 69 heavy (non-hydrogen) atoms. The van der Waals surface area contributed by atoms with Gasteiger partial charge in [-0.1, -0.05) is 72.8 Å². The van der Waals surface area contributed by atoms with Gasteiger partial charge in [0.15, 0.2) is 5.78 Å². The van der Waals surface area contributed by atoms with Crippen molar-refractivity contribution < 1.29 is 52.2 Å². The Morgan fingerprint density at radius 2 is 1.48 bits per heavy atom. The van der Waals surface area contributed by atoms with Gasteiger partial charge in [0.1, 0.15) is 24.1 Å². The number of cyclic esters (lactones) is 1. The van der Waals surface area contributed by atoms with Gasteiger partial charge in [0.05, 0.1) is 36.5 Å². The fourth-order valence-corrected chi connectivity index (χ4v) is 8.42. The van der Waals surface area contributed by atoms with Crippen molar-refractivity contribution >= 4 is 52.9 Å². The molecule has 0 saturated carbocycles. The van der Waals surface area contributed by atoms with E-state index in [1.807, 2.05) is 53.4 Å². The number of piperazine rings is 1. The van der Waals surface area contributed by atoms with Crippen LogP contribution in [0.4, 0.5) is 25.4 Å². The van der Waals surface area contributed by atoms with Crippen molar-refractivity contribution in [1.82, 2.24) is 26.4 Å². The van der Waals surface area contributed by atoms with Crippen LogP contribution < -0.4 is 31.3 Å². The summed E-state index contributed by atoms with van der Waals surface area (Å²) in [4.78, 5) is 94.0. The number of ketones is 2. The number of carbonyl (C=O) groups is 7. The molecular weight excluding hydrogens is 890 g/mol. The van der Waals surface area contributed by atoms with Crippen LogP contribution in [-0.2, 0) is 39.9 Å². The Kier molecular flexibility index (Phi) is 15.7. The molecule has 4 amide bonds. The van der Waals surface area contributed by atoms with Gasteiger partial charge in [-0.15, -0.1) is 0 Å². The summed E-state index contributed by atoms with van der Waals surface area (Å²) in [7, 11) is 0. The summed E-state index contributed by atoms with van der Waals surface area (Å²) in [5.74, 6) is -3.51. The van der Waals surface area contributed by atoms with E-state index in [1.54, 1.807) is 69.0 Å². The number of fused-ring (bicyclic) bond motifs is 3. The number of esters is 1. The summed E-state index contributed by atoms with van der Waals surface area (Å²) in [6.45, 7) is 10.1. The van der Waals surface area contributed by atoms with Crippen LogP contribution in [0.2, 0.25) is 0 Å². The second-order valence-corrected chi connectivity index (χ2v) is 18.3. The molecule has 2 saturated heterocycles. The standard InChI is InChI=1S/C51H58FN7O10/c1-31(46(62)48(64)67-30-41-39-12-8-6-10-37(39)38-11-7-9-13-40(38)41)55-47(63)32(2)56-54-27-33-14-16-34(17-15-33)44(60)20-21-45(61)58-24-22-57(23-25-58)43-19-18-35(26-42(43)52)59-29-36(68-50(59)66)28-53-49(65)69-51(3,4)5/h6-19,26,31-32,36,41,54,56H,20-25,27-30H2,1-5H3,(H,53,65)(H,55,63)/t31-,32-,36-/m0/s1. The first-order chi connectivity index (χ1) is 32.9. The number of amides is 4. The lowest BCUT2D eigenvalue weighted by atomic mass is 9.98. The predicted octanol–water partition coefficient (Wildman–Crippen LogP) is 5.40. The highest BCUT2D eigenvalue weighted by atomic mass is 19.1. The van der Waals surface area contributed by atoms with E-state index >= 15 is 4.39 Å². The molecular formula is C51H58FN7O10. The molecule has 4 N–H and O–H groups in total. The molecule has 17 nitrogen and oxygen atoms in total. The van der Waals surface area contributed by atoms with Gasteiger partial charge in [0, 0.05) is 57.0 Å². The van der Waals surface area contributed by atoms with E-state index in [4.69, 9.17) is 14.2 Å². The van der Waals surface area contributed by atoms with Gasteiger partial charge in [-0.2, -0.15) is 0 Å². The predicted molar refractivity (Wildman–Crippen MR) is 254 cm³/mol. The molecule has 18 heteroatoms. The normalized spacial score (nSPS) is 16.5. The monoisotopic (exact) mass is 947 g/mol. The molecule has 0 radical (unpaired) electrons. The first-order valence-electron chi connectivity index (χ1n) is 23.0. The number of carbonyl (C=O) groups excluding carboxylic acids is 7. The average molecular weight is 948 g/mol. The molecule has 2 fully saturated rings. The molecule has 0 unspecified atom stereocenters. The molecule has 1 aliphatic carbocycles. The Balaban J connectivity index is 0.776. The van der Waals surface area contributed by atoms with Crippen LogP contribution in [-0.4, -0.2) is 116 Å². The molecule has 2 aliphatic heterocycles. The zero-order valence-corrected chi connectivity index (χ0v) is 39.3. The molecule has 7 rings (SSSR count). The minimum Gasteiger partial charge on any atom is -0.459 e. The van der Waals surface area contributed by atoms with Crippen molar-refractivity contribution in [3.63, 3.8) is 0 Å². The molecule has 4 aromatic carbocycles. The van der Waals surface area contributed by atoms with E-state index in [9.17, 15) is 33.6 Å². The van der Waals surface area contributed by atoms with Crippen molar-refractivity contribution in [2.75, 3.05) is 55.7 Å². The molecule has 0 bridgehead atoms. The van der Waals surface area contributed by atoms with E-state index in [1.165, 1.54) is 17.9 Å². The summed E-state index contributed by atoms with van der Waals surface area (Å²) in [6, 6.07) is 25.2. The summed E-state index contributed by atoms with van der Waals surface area (Å²) in [5, 5.41) is 5.15. The highest BCUT2D eigenvalue weighted by molar-refractivity contribution is 6.36. The minimum absolute atomic E-state index is 0.00866. The number of Topliss-reactive ketones (excluding diaryl/α,β-unsaturated/α-hetero) is 2. The fourth-order valence-electron chi connectivity index (χ4n) is 8.42. The van der Waals surface area contributed by atoms with E-state index < -0.39 is 59.5 Å². The minimum atomic E-state index is -1.11. The Bertz CT molecular complexity index is 2530. The number of nitrogens with one attached hydrogen (secondary N) is 4. The van der Waals surface area contributed by atoms with Crippen molar-refractivity contribution in [2.24, 2.45) is 0 Å². The van der Waals surface area contributed by atoms with Crippen LogP contribution in [0.3, 0.4) is 0 Å². The van der Waals surface area contributed by atoms with Crippen LogP contribution in [0.5, 0.6) is 0 Å². The van der Waals surface area contributed by atoms with E-state index in [0.717, 1.165) is 27.8 Å². The number of hydrogen-bond donors (Lipinski definition) is 4. The molecule has 4 aromatic rings. The zero-order valence-electron chi connectivity index (χ0n) is 39.3. The van der Waals surface area contributed by atoms with Gasteiger partial charge < -0.3 is 34.6 Å². The van der Waals surface area contributed by atoms with E-state index in [-0.39, 0.29) is 50.1 Å². The van der Waals surface area contributed by atoms with Gasteiger partial charge >= 0.3 is 18.2 Å². The second-order valence-electron chi connectivity index (χ2n) is 18.3. The molecule has 364 valence electrons. The van der Waals surface area contributed by atoms with Crippen LogP contribution >= 0.6 is 0 Å². The smallest absolute Gasteiger partial charge is 0.414 e. The zero-order chi connectivity index (χ0) is 49.4. The van der Waals surface area contributed by atoms with Crippen molar-refractivity contribution in [2.45, 2.75) is 83.7 Å². The lowest BCUT2D eigenvalue weighted by molar-refractivity contribution is -0.155. The number of alkyl carbamates (subject to hydrolysis) is 1. The van der Waals surface area contributed by atoms with Gasteiger partial charge in [0.25, 0.3) is 5.78 Å². The van der Waals surface area contributed by atoms with E-state index in [2.05, 4.69) is 21.5 Å². The largest absolute Gasteiger partial charge is 0.459 e. The highest BCUT2D eigenvalue weighted by Gasteiger charge is 2.35. The number of benzene rings is 4. The van der Waals surface area contributed by atoms with Crippen LogP contribution in [0.1, 0.15) is 80.4 Å². The summed E-state index contributed by atoms with van der Waals surface area (Å²) < 4.78 is 31.5. The van der Waals surface area contributed by atoms with Gasteiger partial charge in [-0.05, 0) is 80.6 Å². The molecule has 0 aromatic heterocycles.